The Bertz CT molecular complexity index is 1670. The highest BCUT2D eigenvalue weighted by atomic mass is 32.2. The van der Waals surface area contributed by atoms with Crippen LogP contribution >= 0.6 is 11.3 Å². The first-order valence-electron chi connectivity index (χ1n) is 14.3. The second-order valence-corrected chi connectivity index (χ2v) is 14.2. The van der Waals surface area contributed by atoms with E-state index in [2.05, 4.69) is 4.98 Å². The Balaban J connectivity index is 1.67. The Morgan fingerprint density at radius 1 is 1.14 bits per heavy atom. The lowest BCUT2D eigenvalue weighted by Crippen LogP contribution is -2.15. The van der Waals surface area contributed by atoms with E-state index in [1.807, 2.05) is 26.8 Å². The zero-order chi connectivity index (χ0) is 30.9. The lowest BCUT2D eigenvalue weighted by molar-refractivity contribution is 0.0691. The number of aromatic nitrogens is 1. The van der Waals surface area contributed by atoms with Gasteiger partial charge in [-0.15, -0.1) is 11.3 Å². The zero-order valence-electron chi connectivity index (χ0n) is 24.4. The van der Waals surface area contributed by atoms with Crippen LogP contribution in [-0.2, 0) is 17.4 Å². The minimum atomic E-state index is -1.95. The second kappa shape index (κ2) is 12.7. The number of carboxylic acid groups (broad SMARTS) is 1. The summed E-state index contributed by atoms with van der Waals surface area (Å²) in [5.41, 5.74) is 4.46. The van der Waals surface area contributed by atoms with Crippen molar-refractivity contribution in [3.8, 4) is 0 Å². The van der Waals surface area contributed by atoms with Gasteiger partial charge in [0.2, 0.25) is 0 Å². The SMILES string of the molecule is CC(C)(C)/C=C/c1cc(C2=NCCC(c3nc(C(=O)O)cs3)C(CC3CC3)=C2Cc2ccc(S(N)=O)c(F)c2)ccc1F. The van der Waals surface area contributed by atoms with Gasteiger partial charge in [-0.3, -0.25) is 4.99 Å². The number of nitrogens with zero attached hydrogens (tertiary/aromatic N) is 2. The van der Waals surface area contributed by atoms with Gasteiger partial charge in [0, 0.05) is 29.0 Å². The molecule has 2 unspecified atom stereocenters. The number of halogens is 2. The Kier molecular flexibility index (Phi) is 9.20. The Labute approximate surface area is 257 Å². The highest BCUT2D eigenvalue weighted by molar-refractivity contribution is 7.82. The second-order valence-electron chi connectivity index (χ2n) is 12.3. The van der Waals surface area contributed by atoms with Crippen LogP contribution in [0.1, 0.15) is 84.6 Å². The smallest absolute Gasteiger partial charge is 0.355 e. The molecule has 1 saturated carbocycles. The Hall–Kier alpha value is -3.34. The quantitative estimate of drug-likeness (QED) is 0.258. The summed E-state index contributed by atoms with van der Waals surface area (Å²) >= 11 is 1.33. The van der Waals surface area contributed by atoms with Crippen molar-refractivity contribution in [1.82, 2.24) is 4.98 Å². The maximum atomic E-state index is 15.0. The number of hydrogen-bond donors (Lipinski definition) is 2. The van der Waals surface area contributed by atoms with Gasteiger partial charge in [-0.05, 0) is 84.9 Å². The molecule has 0 bridgehead atoms. The van der Waals surface area contributed by atoms with Gasteiger partial charge < -0.3 is 5.11 Å². The average Bonchev–Trinajstić information content (AvgIpc) is 3.65. The molecule has 43 heavy (non-hydrogen) atoms. The molecule has 1 fully saturated rings. The Morgan fingerprint density at radius 3 is 2.53 bits per heavy atom. The van der Waals surface area contributed by atoms with Crippen molar-refractivity contribution >= 4 is 40.1 Å². The van der Waals surface area contributed by atoms with Crippen molar-refractivity contribution in [3.63, 3.8) is 0 Å². The maximum absolute atomic E-state index is 15.0. The van der Waals surface area contributed by atoms with E-state index < -0.39 is 22.8 Å². The fraction of sp³-hybridized carbons (Fsp3) is 0.364. The number of benzene rings is 2. The molecule has 0 radical (unpaired) electrons. The molecule has 3 aromatic rings. The van der Waals surface area contributed by atoms with E-state index in [0.29, 0.717) is 42.1 Å². The van der Waals surface area contributed by atoms with E-state index in [1.165, 1.54) is 29.5 Å². The van der Waals surface area contributed by atoms with Crippen LogP contribution in [0.25, 0.3) is 6.08 Å². The minimum Gasteiger partial charge on any atom is -0.476 e. The molecule has 10 heteroatoms. The van der Waals surface area contributed by atoms with Crippen LogP contribution in [-0.4, -0.2) is 32.5 Å². The number of hydrogen-bond acceptors (Lipinski definition) is 5. The third kappa shape index (κ3) is 7.60. The maximum Gasteiger partial charge on any atom is 0.355 e. The molecule has 2 heterocycles. The van der Waals surface area contributed by atoms with Crippen molar-refractivity contribution in [1.29, 1.82) is 0 Å². The van der Waals surface area contributed by atoms with Crippen molar-refractivity contribution in [2.45, 2.75) is 63.7 Å². The van der Waals surface area contributed by atoms with Gasteiger partial charge in [0.1, 0.15) is 27.6 Å². The largest absolute Gasteiger partial charge is 0.476 e. The van der Waals surface area contributed by atoms with Crippen molar-refractivity contribution in [2.24, 2.45) is 21.5 Å². The van der Waals surface area contributed by atoms with Gasteiger partial charge in [0.15, 0.2) is 5.69 Å². The summed E-state index contributed by atoms with van der Waals surface area (Å²) in [5.74, 6) is -1.72. The predicted octanol–water partition coefficient (Wildman–Crippen LogP) is 7.48. The number of rotatable bonds is 9. The zero-order valence-corrected chi connectivity index (χ0v) is 26.0. The number of aliphatic imine (C=N–C) groups is 1. The van der Waals surface area contributed by atoms with Crippen LogP contribution < -0.4 is 5.14 Å². The van der Waals surface area contributed by atoms with E-state index >= 15 is 0 Å². The summed E-state index contributed by atoms with van der Waals surface area (Å²) in [7, 11) is -1.95. The standard InChI is InChI=1S/C33H35F2N3O3S2/c1-33(2,3)12-10-21-17-22(7-8-26(21)34)30-25(15-20-6-9-29(43(36)41)27(35)16-20)24(14-19-4-5-19)23(11-13-37-30)31-38-28(18-42-31)32(39)40/h6-10,12,16-19,23H,4-5,11,13-15,36H2,1-3H3,(H,39,40)/b12-10+. The fourth-order valence-electron chi connectivity index (χ4n) is 5.30. The molecule has 2 atom stereocenters. The highest BCUT2D eigenvalue weighted by Gasteiger charge is 2.33. The van der Waals surface area contributed by atoms with Crippen LogP contribution in [0.15, 0.2) is 68.9 Å². The molecule has 1 aliphatic heterocycles. The first-order valence-corrected chi connectivity index (χ1v) is 16.4. The highest BCUT2D eigenvalue weighted by Crippen LogP contribution is 2.45. The van der Waals surface area contributed by atoms with Gasteiger partial charge in [-0.1, -0.05) is 44.6 Å². The monoisotopic (exact) mass is 623 g/mol. The average molecular weight is 624 g/mol. The van der Waals surface area contributed by atoms with Gasteiger partial charge in [0.05, 0.1) is 10.6 Å². The normalized spacial score (nSPS) is 18.6. The van der Waals surface area contributed by atoms with E-state index in [9.17, 15) is 22.9 Å². The lowest BCUT2D eigenvalue weighted by atomic mass is 9.83. The van der Waals surface area contributed by atoms with Gasteiger partial charge in [-0.25, -0.2) is 27.9 Å². The van der Waals surface area contributed by atoms with Gasteiger partial charge in [-0.2, -0.15) is 0 Å². The molecule has 1 aliphatic carbocycles. The van der Waals surface area contributed by atoms with Crippen LogP contribution in [0.5, 0.6) is 0 Å². The summed E-state index contributed by atoms with van der Waals surface area (Å²) in [5, 5.41) is 17.3. The first kappa shape index (κ1) is 31.1. The summed E-state index contributed by atoms with van der Waals surface area (Å²) in [6, 6.07) is 9.50. The van der Waals surface area contributed by atoms with E-state index in [1.54, 1.807) is 29.7 Å². The minimum absolute atomic E-state index is 0.0129. The van der Waals surface area contributed by atoms with Crippen LogP contribution in [0.2, 0.25) is 0 Å². The molecular weight excluding hydrogens is 589 g/mol. The summed E-state index contributed by atoms with van der Waals surface area (Å²) in [4.78, 5) is 21.1. The molecule has 6 nitrogen and oxygen atoms in total. The van der Waals surface area contributed by atoms with Gasteiger partial charge in [0.25, 0.3) is 0 Å². The van der Waals surface area contributed by atoms with Crippen LogP contribution in [0, 0.1) is 23.0 Å². The number of carboxylic acids is 1. The molecule has 2 aromatic carbocycles. The number of thiazole rings is 1. The topological polar surface area (TPSA) is 106 Å². The van der Waals surface area contributed by atoms with Crippen molar-refractivity contribution in [3.05, 3.63) is 98.0 Å². The number of nitrogens with two attached hydrogens (primary N) is 1. The predicted molar refractivity (Wildman–Crippen MR) is 168 cm³/mol. The van der Waals surface area contributed by atoms with Crippen molar-refractivity contribution < 1.29 is 22.9 Å². The van der Waals surface area contributed by atoms with E-state index in [0.717, 1.165) is 41.0 Å². The van der Waals surface area contributed by atoms with Crippen LogP contribution in [0.4, 0.5) is 8.78 Å². The number of allylic oxidation sites excluding steroid dienone is 3. The van der Waals surface area contributed by atoms with Crippen LogP contribution in [0.3, 0.4) is 0 Å². The fourth-order valence-corrected chi connectivity index (χ4v) is 6.71. The van der Waals surface area contributed by atoms with E-state index in [-0.39, 0.29) is 27.7 Å². The third-order valence-electron chi connectivity index (χ3n) is 7.65. The molecular formula is C33H35F2N3O3S2. The molecule has 3 N–H and O–H groups in total. The molecule has 0 amide bonds. The molecule has 2 aliphatic rings. The number of aromatic carboxylic acids is 1. The lowest BCUT2D eigenvalue weighted by Gasteiger charge is -2.22. The Morgan fingerprint density at radius 2 is 1.91 bits per heavy atom. The molecule has 0 saturated heterocycles. The molecule has 0 spiro atoms. The molecule has 1 aromatic heterocycles. The van der Waals surface area contributed by atoms with Crippen molar-refractivity contribution in [2.75, 3.05) is 6.54 Å². The molecule has 5 rings (SSSR count). The number of carbonyl (C=O) groups is 1. The third-order valence-corrected chi connectivity index (χ3v) is 9.38. The summed E-state index contributed by atoms with van der Waals surface area (Å²) < 4.78 is 41.7. The summed E-state index contributed by atoms with van der Waals surface area (Å²) in [6.07, 6.45) is 7.69. The summed E-state index contributed by atoms with van der Waals surface area (Å²) in [6.45, 7) is 6.60. The van der Waals surface area contributed by atoms with Gasteiger partial charge >= 0.3 is 5.97 Å². The van der Waals surface area contributed by atoms with E-state index in [4.69, 9.17) is 10.1 Å². The first-order chi connectivity index (χ1) is 20.4. The molecule has 226 valence electrons.